The first-order valence-corrected chi connectivity index (χ1v) is 8.25. The number of anilines is 1. The number of aromatic hydroxyl groups is 1. The molecule has 0 saturated heterocycles. The molecule has 118 valence electrons. The van der Waals surface area contributed by atoms with Crippen LogP contribution in [0.1, 0.15) is 38.3 Å². The van der Waals surface area contributed by atoms with Crippen molar-refractivity contribution in [2.75, 3.05) is 5.32 Å². The number of nitrogens with zero attached hydrogens (tertiary/aromatic N) is 3. The summed E-state index contributed by atoms with van der Waals surface area (Å²) in [6.07, 6.45) is 3.87. The predicted molar refractivity (Wildman–Crippen MR) is 84.9 cm³/mol. The topological polar surface area (TPSA) is 70.9 Å². The lowest BCUT2D eigenvalue weighted by Gasteiger charge is -2.31. The third-order valence-corrected chi connectivity index (χ3v) is 4.90. The summed E-state index contributed by atoms with van der Waals surface area (Å²) in [7, 11) is 0. The summed E-state index contributed by atoms with van der Waals surface area (Å²) in [5.41, 5.74) is -0.157. The minimum Gasteiger partial charge on any atom is -0.503 e. The molecule has 1 aliphatic rings. The van der Waals surface area contributed by atoms with Crippen LogP contribution in [-0.4, -0.2) is 31.8 Å². The highest BCUT2D eigenvalue weighted by Crippen LogP contribution is 2.34. The molecule has 3 rings (SSSR count). The molecule has 0 aromatic carbocycles. The van der Waals surface area contributed by atoms with Gasteiger partial charge in [-0.25, -0.2) is 19.3 Å². The number of nitrogens with one attached hydrogen (secondary N) is 1. The molecule has 0 atom stereocenters. The van der Waals surface area contributed by atoms with E-state index in [2.05, 4.69) is 20.3 Å². The second kappa shape index (κ2) is 5.79. The van der Waals surface area contributed by atoms with E-state index in [-0.39, 0.29) is 11.8 Å². The van der Waals surface area contributed by atoms with Crippen LogP contribution in [0.4, 0.5) is 10.2 Å². The van der Waals surface area contributed by atoms with Crippen molar-refractivity contribution in [3.63, 3.8) is 0 Å². The fourth-order valence-corrected chi connectivity index (χ4v) is 3.33. The Morgan fingerprint density at radius 1 is 1.36 bits per heavy atom. The van der Waals surface area contributed by atoms with Crippen molar-refractivity contribution < 1.29 is 9.50 Å². The van der Waals surface area contributed by atoms with Crippen LogP contribution < -0.4 is 5.32 Å². The maximum absolute atomic E-state index is 13.8. The lowest BCUT2D eigenvalue weighted by atomic mass is 9.85. The van der Waals surface area contributed by atoms with Crippen molar-refractivity contribution in [3.8, 4) is 16.6 Å². The van der Waals surface area contributed by atoms with Crippen LogP contribution in [0.3, 0.4) is 0 Å². The van der Waals surface area contributed by atoms with Crippen LogP contribution >= 0.6 is 11.3 Å². The van der Waals surface area contributed by atoms with E-state index in [1.165, 1.54) is 17.5 Å². The zero-order valence-electron chi connectivity index (χ0n) is 12.6. The average Bonchev–Trinajstić information content (AvgIpc) is 2.90. The van der Waals surface area contributed by atoms with Crippen molar-refractivity contribution in [1.29, 1.82) is 0 Å². The molecule has 1 fully saturated rings. The Balaban J connectivity index is 1.76. The van der Waals surface area contributed by atoms with Crippen LogP contribution in [0, 0.1) is 6.92 Å². The molecule has 2 aromatic heterocycles. The zero-order valence-corrected chi connectivity index (χ0v) is 13.5. The Labute approximate surface area is 132 Å². The van der Waals surface area contributed by atoms with E-state index in [1.807, 2.05) is 12.3 Å². The molecule has 0 spiro atoms. The van der Waals surface area contributed by atoms with Gasteiger partial charge in [-0.3, -0.25) is 0 Å². The largest absolute Gasteiger partial charge is 0.503 e. The fourth-order valence-electron chi connectivity index (χ4n) is 2.60. The van der Waals surface area contributed by atoms with Gasteiger partial charge >= 0.3 is 0 Å². The molecule has 5 nitrogen and oxygen atoms in total. The molecule has 0 aliphatic heterocycles. The molecule has 0 unspecified atom stereocenters. The highest BCUT2D eigenvalue weighted by atomic mass is 32.1. The molecule has 1 saturated carbocycles. The molecule has 22 heavy (non-hydrogen) atoms. The van der Waals surface area contributed by atoms with Gasteiger partial charge in [-0.15, -0.1) is 11.3 Å². The highest BCUT2D eigenvalue weighted by molar-refractivity contribution is 7.13. The van der Waals surface area contributed by atoms with Crippen LogP contribution in [0.2, 0.25) is 0 Å². The summed E-state index contributed by atoms with van der Waals surface area (Å²) in [4.78, 5) is 12.8. The zero-order chi connectivity index (χ0) is 15.7. The number of aromatic nitrogens is 3. The van der Waals surface area contributed by atoms with Gasteiger partial charge < -0.3 is 10.4 Å². The van der Waals surface area contributed by atoms with Gasteiger partial charge in [0, 0.05) is 17.1 Å². The van der Waals surface area contributed by atoms with Crippen LogP contribution in [0.15, 0.2) is 11.6 Å². The molecule has 0 bridgehead atoms. The van der Waals surface area contributed by atoms with E-state index in [0.717, 1.165) is 23.5 Å². The molecular weight excluding hydrogens is 303 g/mol. The number of hydrogen-bond acceptors (Lipinski definition) is 6. The van der Waals surface area contributed by atoms with Gasteiger partial charge in [-0.05, 0) is 39.5 Å². The van der Waals surface area contributed by atoms with Crippen molar-refractivity contribution >= 4 is 17.2 Å². The molecule has 2 heterocycles. The van der Waals surface area contributed by atoms with E-state index in [0.29, 0.717) is 24.5 Å². The number of aryl methyl sites for hydroxylation is 1. The first kappa shape index (κ1) is 15.1. The van der Waals surface area contributed by atoms with Crippen LogP contribution in [-0.2, 0) is 0 Å². The smallest absolute Gasteiger partial charge is 0.190 e. The summed E-state index contributed by atoms with van der Waals surface area (Å²) < 4.78 is 13.8. The number of halogens is 1. The Kier molecular flexibility index (Phi) is 3.99. The highest BCUT2D eigenvalue weighted by Gasteiger charge is 2.31. The quantitative estimate of drug-likeness (QED) is 0.901. The SMILES string of the molecule is Cc1csc(-c2ncc(O)c(NC3CCC(C)(F)CC3)n2)n1. The molecule has 0 radical (unpaired) electrons. The average molecular weight is 322 g/mol. The molecule has 2 aromatic rings. The van der Waals surface area contributed by atoms with Gasteiger partial charge in [-0.1, -0.05) is 0 Å². The standard InChI is InChI=1S/C15H19FN4OS/c1-9-8-22-14(18-9)13-17-7-11(21)12(20-13)19-10-3-5-15(2,16)6-4-10/h7-8,10,21H,3-6H2,1-2H3,(H,17,19,20). The molecule has 1 aliphatic carbocycles. The molecule has 2 N–H and O–H groups in total. The number of thiazole rings is 1. The summed E-state index contributed by atoms with van der Waals surface area (Å²) >= 11 is 1.47. The van der Waals surface area contributed by atoms with E-state index in [9.17, 15) is 9.50 Å². The van der Waals surface area contributed by atoms with E-state index in [1.54, 1.807) is 6.92 Å². The summed E-state index contributed by atoms with van der Waals surface area (Å²) in [6.45, 7) is 3.56. The monoisotopic (exact) mass is 322 g/mol. The van der Waals surface area contributed by atoms with Crippen molar-refractivity contribution in [2.24, 2.45) is 0 Å². The first-order chi connectivity index (χ1) is 10.4. The Hall–Kier alpha value is -1.76. The van der Waals surface area contributed by atoms with Crippen molar-refractivity contribution in [3.05, 3.63) is 17.3 Å². The number of alkyl halides is 1. The van der Waals surface area contributed by atoms with Crippen molar-refractivity contribution in [1.82, 2.24) is 15.0 Å². The van der Waals surface area contributed by atoms with Gasteiger partial charge in [0.1, 0.15) is 5.67 Å². The minimum absolute atomic E-state index is 0.00520. The number of rotatable bonds is 3. The molecule has 7 heteroatoms. The molecular formula is C15H19FN4OS. The van der Waals surface area contributed by atoms with Gasteiger partial charge in [0.05, 0.1) is 6.20 Å². The summed E-state index contributed by atoms with van der Waals surface area (Å²) in [5.74, 6) is 0.889. The van der Waals surface area contributed by atoms with E-state index < -0.39 is 5.67 Å². The summed E-state index contributed by atoms with van der Waals surface area (Å²) in [5, 5.41) is 15.8. The first-order valence-electron chi connectivity index (χ1n) is 7.37. The molecule has 0 amide bonds. The predicted octanol–water partition coefficient (Wildman–Crippen LogP) is 3.70. The second-order valence-corrected chi connectivity index (χ2v) is 6.91. The lowest BCUT2D eigenvalue weighted by Crippen LogP contribution is -2.33. The Morgan fingerprint density at radius 3 is 2.73 bits per heavy atom. The van der Waals surface area contributed by atoms with Gasteiger partial charge in [-0.2, -0.15) is 0 Å². The van der Waals surface area contributed by atoms with Gasteiger partial charge in [0.2, 0.25) is 0 Å². The Bertz CT molecular complexity index is 663. The van der Waals surface area contributed by atoms with Crippen LogP contribution in [0.25, 0.3) is 10.8 Å². The van der Waals surface area contributed by atoms with Crippen molar-refractivity contribution in [2.45, 2.75) is 51.2 Å². The minimum atomic E-state index is -1.07. The number of hydrogen-bond donors (Lipinski definition) is 2. The van der Waals surface area contributed by atoms with E-state index >= 15 is 0 Å². The second-order valence-electron chi connectivity index (χ2n) is 6.05. The van der Waals surface area contributed by atoms with Gasteiger partial charge in [0.15, 0.2) is 22.4 Å². The lowest BCUT2D eigenvalue weighted by molar-refractivity contribution is 0.124. The van der Waals surface area contributed by atoms with Crippen LogP contribution in [0.5, 0.6) is 5.75 Å². The van der Waals surface area contributed by atoms with E-state index in [4.69, 9.17) is 0 Å². The maximum atomic E-state index is 13.8. The Morgan fingerprint density at radius 2 is 2.09 bits per heavy atom. The summed E-state index contributed by atoms with van der Waals surface area (Å²) in [6, 6.07) is 0.121. The fraction of sp³-hybridized carbons (Fsp3) is 0.533. The third kappa shape index (κ3) is 3.35. The van der Waals surface area contributed by atoms with Gasteiger partial charge in [0.25, 0.3) is 0 Å². The third-order valence-electron chi connectivity index (χ3n) is 3.95. The normalized spacial score (nSPS) is 25.1. The maximum Gasteiger partial charge on any atom is 0.190 e.